The van der Waals surface area contributed by atoms with E-state index in [4.69, 9.17) is 5.14 Å². The lowest BCUT2D eigenvalue weighted by atomic mass is 10.1. The van der Waals surface area contributed by atoms with Gasteiger partial charge >= 0.3 is 0 Å². The Bertz CT molecular complexity index is 723. The predicted molar refractivity (Wildman–Crippen MR) is 84.2 cm³/mol. The van der Waals surface area contributed by atoms with Crippen LogP contribution in [-0.2, 0) is 20.0 Å². The first-order valence-electron chi connectivity index (χ1n) is 6.57. The molecule has 0 aliphatic carbocycles. The third-order valence-electron chi connectivity index (χ3n) is 3.20. The number of rotatable bonds is 6. The number of nitrogens with one attached hydrogen (secondary N) is 1. The normalized spacial score (nSPS) is 12.7. The lowest BCUT2D eigenvalue weighted by molar-refractivity contribution is 0.577. The van der Waals surface area contributed by atoms with Crippen molar-refractivity contribution in [1.82, 2.24) is 0 Å². The van der Waals surface area contributed by atoms with Crippen LogP contribution in [0.1, 0.15) is 31.4 Å². The summed E-state index contributed by atoms with van der Waals surface area (Å²) in [5, 5.41) is 5.10. The smallest absolute Gasteiger partial charge is 0.238 e. The van der Waals surface area contributed by atoms with Gasteiger partial charge in [-0.15, -0.1) is 0 Å². The van der Waals surface area contributed by atoms with Crippen LogP contribution in [0.25, 0.3) is 0 Å². The summed E-state index contributed by atoms with van der Waals surface area (Å²) >= 11 is 0. The van der Waals surface area contributed by atoms with Crippen LogP contribution in [0.5, 0.6) is 0 Å². The zero-order valence-corrected chi connectivity index (χ0v) is 14.3. The number of benzene rings is 1. The van der Waals surface area contributed by atoms with E-state index in [1.807, 2.05) is 13.8 Å². The Morgan fingerprint density at radius 3 is 2.19 bits per heavy atom. The second-order valence-electron chi connectivity index (χ2n) is 5.56. The maximum atomic E-state index is 12.0. The molecule has 0 fully saturated rings. The van der Waals surface area contributed by atoms with Crippen molar-refractivity contribution in [1.29, 1.82) is 0 Å². The summed E-state index contributed by atoms with van der Waals surface area (Å²) in [4.78, 5) is -0.104. The molecule has 21 heavy (non-hydrogen) atoms. The van der Waals surface area contributed by atoms with Crippen molar-refractivity contribution in [3.8, 4) is 0 Å². The van der Waals surface area contributed by atoms with E-state index in [0.29, 0.717) is 17.5 Å². The van der Waals surface area contributed by atoms with Crippen molar-refractivity contribution < 1.29 is 16.8 Å². The molecule has 1 aromatic rings. The van der Waals surface area contributed by atoms with E-state index in [2.05, 4.69) is 4.72 Å². The molecule has 0 amide bonds. The van der Waals surface area contributed by atoms with Crippen molar-refractivity contribution in [2.24, 2.45) is 11.1 Å². The van der Waals surface area contributed by atoms with E-state index < -0.39 is 20.0 Å². The molecule has 0 aliphatic rings. The molecule has 0 aliphatic heterocycles. The van der Waals surface area contributed by atoms with Gasteiger partial charge in [0.25, 0.3) is 0 Å². The maximum absolute atomic E-state index is 12.0. The average Bonchev–Trinajstić information content (AvgIpc) is 2.31. The first-order chi connectivity index (χ1) is 9.42. The monoisotopic (exact) mass is 334 g/mol. The standard InChI is InChI=1S/C13H22N2O4S2/c1-9(2)5-6-20(16,17)15-13-8-12(21(14,18)19)7-10(3)11(13)4/h7-9,15H,5-6H2,1-4H3,(H2,14,18,19). The van der Waals surface area contributed by atoms with Gasteiger partial charge < -0.3 is 0 Å². The molecule has 6 nitrogen and oxygen atoms in total. The van der Waals surface area contributed by atoms with Crippen LogP contribution < -0.4 is 9.86 Å². The Kier molecular flexibility index (Phi) is 5.40. The highest BCUT2D eigenvalue weighted by Crippen LogP contribution is 2.24. The molecule has 0 atom stereocenters. The minimum Gasteiger partial charge on any atom is -0.283 e. The summed E-state index contributed by atoms with van der Waals surface area (Å²) in [6, 6.07) is 2.68. The molecule has 3 N–H and O–H groups in total. The van der Waals surface area contributed by atoms with Crippen molar-refractivity contribution in [2.45, 2.75) is 39.0 Å². The molecule has 0 heterocycles. The molecule has 0 saturated heterocycles. The Morgan fingerprint density at radius 1 is 1.14 bits per heavy atom. The number of anilines is 1. The minimum atomic E-state index is -3.88. The van der Waals surface area contributed by atoms with Crippen molar-refractivity contribution in [3.63, 3.8) is 0 Å². The fourth-order valence-corrected chi connectivity index (χ4v) is 3.76. The summed E-state index contributed by atoms with van der Waals surface area (Å²) in [5.41, 5.74) is 1.58. The first-order valence-corrected chi connectivity index (χ1v) is 9.77. The number of hydrogen-bond acceptors (Lipinski definition) is 4. The molecular formula is C13H22N2O4S2. The zero-order chi connectivity index (χ0) is 16.4. The zero-order valence-electron chi connectivity index (χ0n) is 12.7. The van der Waals surface area contributed by atoms with Crippen LogP contribution >= 0.6 is 0 Å². The van der Waals surface area contributed by atoms with Gasteiger partial charge in [-0.3, -0.25) is 4.72 Å². The van der Waals surface area contributed by atoms with Gasteiger partial charge in [-0.05, 0) is 49.4 Å². The summed E-state index contributed by atoms with van der Waals surface area (Å²) in [5.74, 6) is 0.253. The number of sulfonamides is 2. The van der Waals surface area contributed by atoms with E-state index in [1.54, 1.807) is 13.8 Å². The molecule has 0 radical (unpaired) electrons. The highest BCUT2D eigenvalue weighted by atomic mass is 32.2. The first kappa shape index (κ1) is 17.9. The van der Waals surface area contributed by atoms with Gasteiger partial charge in [0.05, 0.1) is 16.3 Å². The maximum Gasteiger partial charge on any atom is 0.238 e. The van der Waals surface area contributed by atoms with Gasteiger partial charge in [0, 0.05) is 0 Å². The SMILES string of the molecule is Cc1cc(S(N)(=O)=O)cc(NS(=O)(=O)CCC(C)C)c1C. The van der Waals surface area contributed by atoms with E-state index in [9.17, 15) is 16.8 Å². The average molecular weight is 334 g/mol. The Morgan fingerprint density at radius 2 is 1.71 bits per heavy atom. The molecule has 120 valence electrons. The fourth-order valence-electron chi connectivity index (χ4n) is 1.71. The molecule has 0 unspecified atom stereocenters. The van der Waals surface area contributed by atoms with Crippen LogP contribution in [0.15, 0.2) is 17.0 Å². The van der Waals surface area contributed by atoms with Gasteiger partial charge in [0.2, 0.25) is 20.0 Å². The Hall–Kier alpha value is -1.12. The molecule has 0 spiro atoms. The van der Waals surface area contributed by atoms with E-state index in [-0.39, 0.29) is 22.3 Å². The highest BCUT2D eigenvalue weighted by Gasteiger charge is 2.17. The summed E-state index contributed by atoms with van der Waals surface area (Å²) in [6.07, 6.45) is 0.530. The van der Waals surface area contributed by atoms with Crippen LogP contribution in [0, 0.1) is 19.8 Å². The van der Waals surface area contributed by atoms with Gasteiger partial charge in [-0.2, -0.15) is 0 Å². The van der Waals surface area contributed by atoms with E-state index in [1.165, 1.54) is 12.1 Å². The van der Waals surface area contributed by atoms with Gasteiger partial charge in [-0.1, -0.05) is 13.8 Å². The second-order valence-corrected chi connectivity index (χ2v) is 8.96. The minimum absolute atomic E-state index is 0.0112. The van der Waals surface area contributed by atoms with Crippen molar-refractivity contribution in [2.75, 3.05) is 10.5 Å². The molecule has 1 aromatic carbocycles. The molecular weight excluding hydrogens is 312 g/mol. The van der Waals surface area contributed by atoms with Crippen LogP contribution in [0.4, 0.5) is 5.69 Å². The number of nitrogens with two attached hydrogens (primary N) is 1. The summed E-state index contributed by atoms with van der Waals surface area (Å²) in [7, 11) is -7.40. The van der Waals surface area contributed by atoms with E-state index >= 15 is 0 Å². The molecule has 0 bridgehead atoms. The molecule has 0 aromatic heterocycles. The van der Waals surface area contributed by atoms with Crippen LogP contribution in [0.2, 0.25) is 0 Å². The van der Waals surface area contributed by atoms with Crippen molar-refractivity contribution >= 4 is 25.7 Å². The lowest BCUT2D eigenvalue weighted by Gasteiger charge is -2.14. The third-order valence-corrected chi connectivity index (χ3v) is 5.40. The van der Waals surface area contributed by atoms with Crippen molar-refractivity contribution in [3.05, 3.63) is 23.3 Å². The van der Waals surface area contributed by atoms with Gasteiger partial charge in [-0.25, -0.2) is 22.0 Å². The van der Waals surface area contributed by atoms with Gasteiger partial charge in [0.15, 0.2) is 0 Å². The Labute approximate surface area is 126 Å². The number of hydrogen-bond donors (Lipinski definition) is 2. The van der Waals surface area contributed by atoms with Crippen LogP contribution in [-0.4, -0.2) is 22.6 Å². The number of aryl methyl sites for hydroxylation is 1. The quantitative estimate of drug-likeness (QED) is 0.826. The number of primary sulfonamides is 1. The Balaban J connectivity index is 3.17. The predicted octanol–water partition coefficient (Wildman–Crippen LogP) is 1.74. The largest absolute Gasteiger partial charge is 0.283 e. The second kappa shape index (κ2) is 6.33. The molecule has 0 saturated carbocycles. The topological polar surface area (TPSA) is 106 Å². The van der Waals surface area contributed by atoms with Crippen LogP contribution in [0.3, 0.4) is 0 Å². The van der Waals surface area contributed by atoms with Gasteiger partial charge in [0.1, 0.15) is 0 Å². The fraction of sp³-hybridized carbons (Fsp3) is 0.538. The molecule has 1 rings (SSSR count). The summed E-state index contributed by atoms with van der Waals surface area (Å²) in [6.45, 7) is 7.30. The third kappa shape index (κ3) is 5.29. The highest BCUT2D eigenvalue weighted by molar-refractivity contribution is 7.92. The summed E-state index contributed by atoms with van der Waals surface area (Å²) < 4.78 is 49.4. The van der Waals surface area contributed by atoms with E-state index in [0.717, 1.165) is 0 Å². The lowest BCUT2D eigenvalue weighted by Crippen LogP contribution is -2.20. The molecule has 8 heteroatoms.